The summed E-state index contributed by atoms with van der Waals surface area (Å²) >= 11 is 0. The summed E-state index contributed by atoms with van der Waals surface area (Å²) in [5.74, 6) is 0.435. The highest BCUT2D eigenvalue weighted by Crippen LogP contribution is 2.42. The zero-order valence-corrected chi connectivity index (χ0v) is 21.3. The quantitative estimate of drug-likeness (QED) is 0.250. The Balaban J connectivity index is 3.39. The Morgan fingerprint density at radius 3 is 1.79 bits per heavy atom. The highest BCUT2D eigenvalue weighted by atomic mass is 32.2. The Hall–Kier alpha value is -1.23. The fraction of sp³-hybridized carbons (Fsp3) is 0.750. The normalized spacial score (nSPS) is 17.8. The zero-order valence-electron chi connectivity index (χ0n) is 20.4. The van der Waals surface area contributed by atoms with E-state index in [1.54, 1.807) is 44.2 Å². The molecule has 0 spiro atoms. The van der Waals surface area contributed by atoms with Gasteiger partial charge < -0.3 is 25.2 Å². The van der Waals surface area contributed by atoms with Crippen LogP contribution < -0.4 is 4.74 Å². The first-order chi connectivity index (χ1) is 15.0. The molecule has 0 saturated heterocycles. The molecule has 0 saturated carbocycles. The average molecular weight is 491 g/mol. The van der Waals surface area contributed by atoms with Gasteiger partial charge in [-0.2, -0.15) is 8.42 Å². The van der Waals surface area contributed by atoms with Gasteiger partial charge in [0.25, 0.3) is 10.1 Å². The fourth-order valence-electron chi connectivity index (χ4n) is 4.97. The molecule has 0 aromatic heterocycles. The van der Waals surface area contributed by atoms with Crippen LogP contribution in [0.2, 0.25) is 0 Å². The largest absolute Gasteiger partial charge is 0.487 e. The second-order valence-electron chi connectivity index (χ2n) is 10.9. The molecule has 0 aliphatic rings. The van der Waals surface area contributed by atoms with Gasteiger partial charge in [-0.05, 0) is 42.2 Å². The molecule has 0 radical (unpaired) electrons. The number of rotatable bonds is 14. The van der Waals surface area contributed by atoms with Gasteiger partial charge in [0.05, 0.1) is 30.7 Å². The van der Waals surface area contributed by atoms with Crippen molar-refractivity contribution in [3.05, 3.63) is 30.3 Å². The number of hydrogen-bond donors (Lipinski definition) is 5. The van der Waals surface area contributed by atoms with Gasteiger partial charge in [-0.3, -0.25) is 4.55 Å². The van der Waals surface area contributed by atoms with E-state index in [-0.39, 0.29) is 31.1 Å². The van der Waals surface area contributed by atoms with Gasteiger partial charge in [0, 0.05) is 12.8 Å². The van der Waals surface area contributed by atoms with Crippen LogP contribution in [0.5, 0.6) is 5.75 Å². The predicted molar refractivity (Wildman–Crippen MR) is 128 cm³/mol. The van der Waals surface area contributed by atoms with E-state index in [2.05, 4.69) is 0 Å². The molecule has 1 aromatic carbocycles. The van der Waals surface area contributed by atoms with Crippen molar-refractivity contribution in [1.82, 2.24) is 0 Å². The van der Waals surface area contributed by atoms with Gasteiger partial charge in [-0.1, -0.05) is 52.8 Å². The lowest BCUT2D eigenvalue weighted by Gasteiger charge is -2.41. The van der Waals surface area contributed by atoms with E-state index in [1.807, 2.05) is 20.8 Å². The Morgan fingerprint density at radius 1 is 0.909 bits per heavy atom. The van der Waals surface area contributed by atoms with Crippen LogP contribution in [0.1, 0.15) is 66.7 Å². The minimum absolute atomic E-state index is 0.00888. The number of para-hydroxylation sites is 1. The van der Waals surface area contributed by atoms with E-state index in [0.29, 0.717) is 12.2 Å². The number of aliphatic hydroxyl groups is 4. The molecule has 0 fully saturated rings. The molecule has 0 bridgehead atoms. The molecule has 0 aliphatic carbocycles. The first kappa shape index (κ1) is 29.8. The summed E-state index contributed by atoms with van der Waals surface area (Å²) < 4.78 is 41.2. The number of benzene rings is 1. The third kappa shape index (κ3) is 10.3. The second kappa shape index (κ2) is 12.0. The van der Waals surface area contributed by atoms with Crippen molar-refractivity contribution in [1.29, 1.82) is 0 Å². The molecule has 192 valence electrons. The van der Waals surface area contributed by atoms with Crippen molar-refractivity contribution in [3.8, 4) is 5.75 Å². The van der Waals surface area contributed by atoms with Gasteiger partial charge >= 0.3 is 0 Å². The molecule has 8 nitrogen and oxygen atoms in total. The summed E-state index contributed by atoms with van der Waals surface area (Å²) in [7, 11) is -4.44. The topological polar surface area (TPSA) is 145 Å². The van der Waals surface area contributed by atoms with E-state index >= 15 is 0 Å². The standard InChI is InChI=1S/C24H42O8S/c1-22(2,3)17-23(4,5)21(33(29,30)31)11-12-24(13-18(27)15-25,14-19(28)16-26)32-20-9-7-6-8-10-20/h6-10,18-19,21,25-28H,11-17H2,1-5H3,(H,29,30,31). The smallest absolute Gasteiger partial charge is 0.268 e. The lowest BCUT2D eigenvalue weighted by Crippen LogP contribution is -2.47. The molecule has 1 aromatic rings. The van der Waals surface area contributed by atoms with Crippen molar-refractivity contribution in [3.63, 3.8) is 0 Å². The maximum Gasteiger partial charge on any atom is 0.268 e. The van der Waals surface area contributed by atoms with Gasteiger partial charge in [0.2, 0.25) is 0 Å². The van der Waals surface area contributed by atoms with Gasteiger partial charge in [-0.15, -0.1) is 0 Å². The lowest BCUT2D eigenvalue weighted by atomic mass is 9.72. The van der Waals surface area contributed by atoms with Crippen molar-refractivity contribution >= 4 is 10.1 Å². The Morgan fingerprint density at radius 2 is 1.39 bits per heavy atom. The molecule has 9 heteroatoms. The molecule has 3 unspecified atom stereocenters. The van der Waals surface area contributed by atoms with Crippen molar-refractivity contribution < 1.29 is 38.1 Å². The summed E-state index contributed by atoms with van der Waals surface area (Å²) in [5.41, 5.74) is -2.27. The molecular formula is C24H42O8S. The Kier molecular flexibility index (Phi) is 10.8. The molecule has 33 heavy (non-hydrogen) atoms. The molecular weight excluding hydrogens is 448 g/mol. The van der Waals surface area contributed by atoms with E-state index in [4.69, 9.17) is 4.74 Å². The minimum atomic E-state index is -4.44. The fourth-order valence-corrected chi connectivity index (χ4v) is 6.27. The molecule has 0 amide bonds. The van der Waals surface area contributed by atoms with Crippen molar-refractivity contribution in [2.24, 2.45) is 10.8 Å². The maximum atomic E-state index is 12.4. The molecule has 1 rings (SSSR count). The van der Waals surface area contributed by atoms with Crippen LogP contribution in [0.4, 0.5) is 0 Å². The average Bonchev–Trinajstić information content (AvgIpc) is 2.65. The highest BCUT2D eigenvalue weighted by molar-refractivity contribution is 7.86. The van der Waals surface area contributed by atoms with Crippen LogP contribution in [0.25, 0.3) is 0 Å². The van der Waals surface area contributed by atoms with Gasteiger partial charge in [-0.25, -0.2) is 0 Å². The van der Waals surface area contributed by atoms with Gasteiger partial charge in [0.15, 0.2) is 0 Å². The van der Waals surface area contributed by atoms with Crippen LogP contribution in [0.15, 0.2) is 30.3 Å². The summed E-state index contributed by atoms with van der Waals surface area (Å²) in [6.07, 6.45) is -2.02. The van der Waals surface area contributed by atoms with Crippen LogP contribution in [0, 0.1) is 10.8 Å². The summed E-state index contributed by atoms with van der Waals surface area (Å²) in [5, 5.41) is 38.3. The third-order valence-corrected chi connectivity index (χ3v) is 7.39. The van der Waals surface area contributed by atoms with E-state index in [1.165, 1.54) is 0 Å². The second-order valence-corrected chi connectivity index (χ2v) is 12.5. The first-order valence-electron chi connectivity index (χ1n) is 11.3. The maximum absolute atomic E-state index is 12.4. The Labute approximate surface area is 198 Å². The highest BCUT2D eigenvalue weighted by Gasteiger charge is 2.44. The third-order valence-electron chi connectivity index (χ3n) is 5.79. The lowest BCUT2D eigenvalue weighted by molar-refractivity contribution is -0.0534. The van der Waals surface area contributed by atoms with E-state index in [0.717, 1.165) is 0 Å². The van der Waals surface area contributed by atoms with Crippen LogP contribution in [0.3, 0.4) is 0 Å². The van der Waals surface area contributed by atoms with Crippen molar-refractivity contribution in [2.45, 2.75) is 89.8 Å². The number of ether oxygens (including phenoxy) is 1. The number of hydrogen-bond acceptors (Lipinski definition) is 7. The van der Waals surface area contributed by atoms with E-state index < -0.39 is 51.8 Å². The van der Waals surface area contributed by atoms with Crippen molar-refractivity contribution in [2.75, 3.05) is 13.2 Å². The molecule has 5 N–H and O–H groups in total. The SMILES string of the molecule is CC(C)(C)CC(C)(C)C(CCC(CC(O)CO)(CC(O)CO)Oc1ccccc1)S(=O)(=O)O. The molecule has 0 heterocycles. The van der Waals surface area contributed by atoms with Crippen LogP contribution in [-0.4, -0.2) is 69.7 Å². The minimum Gasteiger partial charge on any atom is -0.487 e. The van der Waals surface area contributed by atoms with Gasteiger partial charge in [0.1, 0.15) is 11.4 Å². The zero-order chi connectivity index (χ0) is 25.5. The van der Waals surface area contributed by atoms with Crippen LogP contribution >= 0.6 is 0 Å². The monoisotopic (exact) mass is 490 g/mol. The summed E-state index contributed by atoms with van der Waals surface area (Å²) in [4.78, 5) is 0. The first-order valence-corrected chi connectivity index (χ1v) is 12.8. The molecule has 3 atom stereocenters. The summed E-state index contributed by atoms with van der Waals surface area (Å²) in [6, 6.07) is 8.67. The Bertz CT molecular complexity index is 790. The summed E-state index contributed by atoms with van der Waals surface area (Å²) in [6.45, 7) is 8.47. The molecule has 0 aliphatic heterocycles. The van der Waals surface area contributed by atoms with E-state index in [9.17, 15) is 33.4 Å². The predicted octanol–water partition coefficient (Wildman–Crippen LogP) is 2.79. The number of aliphatic hydroxyl groups excluding tert-OH is 4. The van der Waals surface area contributed by atoms with Crippen LogP contribution in [-0.2, 0) is 10.1 Å².